The molecule has 3 N–H and O–H groups in total. The number of carbonyl (C=O) groups is 1. The number of nitrogens with zero attached hydrogens (tertiary/aromatic N) is 1. The van der Waals surface area contributed by atoms with Gasteiger partial charge in [0.05, 0.1) is 12.7 Å². The second-order valence-corrected chi connectivity index (χ2v) is 4.91. The van der Waals surface area contributed by atoms with Crippen molar-refractivity contribution in [3.63, 3.8) is 0 Å². The van der Waals surface area contributed by atoms with E-state index in [2.05, 4.69) is 17.6 Å². The van der Waals surface area contributed by atoms with Gasteiger partial charge in [0, 0.05) is 39.8 Å². The molecule has 1 amide bonds. The molecule has 1 fully saturated rings. The number of hydrogen-bond donors (Lipinski definition) is 3. The Morgan fingerprint density at radius 2 is 2.42 bits per heavy atom. The lowest BCUT2D eigenvalue weighted by Crippen LogP contribution is -2.59. The summed E-state index contributed by atoms with van der Waals surface area (Å²) in [5.74, 6) is -0.00805. The van der Waals surface area contributed by atoms with Gasteiger partial charge in [-0.2, -0.15) is 0 Å². The number of carbonyl (C=O) groups excluding carboxylic acids is 1. The SMILES string of the molecule is CCCCOCC(O)CN1CCNCC1C(=O)NC. The van der Waals surface area contributed by atoms with E-state index in [-0.39, 0.29) is 11.9 Å². The number of aliphatic hydroxyl groups is 1. The van der Waals surface area contributed by atoms with E-state index < -0.39 is 6.10 Å². The van der Waals surface area contributed by atoms with Crippen LogP contribution in [0.5, 0.6) is 0 Å². The van der Waals surface area contributed by atoms with Crippen molar-refractivity contribution in [2.45, 2.75) is 31.9 Å². The minimum Gasteiger partial charge on any atom is -0.389 e. The first-order valence-electron chi connectivity index (χ1n) is 7.11. The zero-order valence-corrected chi connectivity index (χ0v) is 12.0. The van der Waals surface area contributed by atoms with Crippen LogP contribution >= 0.6 is 0 Å². The predicted octanol–water partition coefficient (Wildman–Crippen LogP) is -0.816. The van der Waals surface area contributed by atoms with Crippen LogP contribution < -0.4 is 10.6 Å². The van der Waals surface area contributed by atoms with E-state index in [0.29, 0.717) is 26.3 Å². The largest absolute Gasteiger partial charge is 0.389 e. The highest BCUT2D eigenvalue weighted by Crippen LogP contribution is 2.05. The van der Waals surface area contributed by atoms with E-state index in [1.807, 2.05) is 4.90 Å². The highest BCUT2D eigenvalue weighted by atomic mass is 16.5. The molecule has 0 radical (unpaired) electrons. The Kier molecular flexibility index (Phi) is 7.97. The molecule has 6 heteroatoms. The monoisotopic (exact) mass is 273 g/mol. The van der Waals surface area contributed by atoms with Crippen molar-refractivity contribution >= 4 is 5.91 Å². The minimum atomic E-state index is -0.540. The van der Waals surface area contributed by atoms with Gasteiger partial charge in [-0.25, -0.2) is 0 Å². The molecule has 1 aliphatic heterocycles. The number of hydrogen-bond acceptors (Lipinski definition) is 5. The number of unbranched alkanes of at least 4 members (excludes halogenated alkanes) is 1. The Hall–Kier alpha value is -0.690. The molecule has 1 aliphatic rings. The summed E-state index contributed by atoms with van der Waals surface area (Å²) in [7, 11) is 1.64. The summed E-state index contributed by atoms with van der Waals surface area (Å²) in [6.45, 7) is 5.85. The molecule has 0 aliphatic carbocycles. The van der Waals surface area contributed by atoms with Gasteiger partial charge in [0.25, 0.3) is 0 Å². The second-order valence-electron chi connectivity index (χ2n) is 4.91. The summed E-state index contributed by atoms with van der Waals surface area (Å²) < 4.78 is 5.41. The third kappa shape index (κ3) is 5.86. The van der Waals surface area contributed by atoms with Crippen molar-refractivity contribution in [3.8, 4) is 0 Å². The van der Waals surface area contributed by atoms with Crippen LogP contribution in [0.25, 0.3) is 0 Å². The third-order valence-corrected chi connectivity index (χ3v) is 3.30. The van der Waals surface area contributed by atoms with Gasteiger partial charge in [-0.15, -0.1) is 0 Å². The Balaban J connectivity index is 2.33. The summed E-state index contributed by atoms with van der Waals surface area (Å²) >= 11 is 0. The molecule has 1 heterocycles. The van der Waals surface area contributed by atoms with E-state index in [0.717, 1.165) is 25.9 Å². The average molecular weight is 273 g/mol. The van der Waals surface area contributed by atoms with Gasteiger partial charge >= 0.3 is 0 Å². The molecule has 2 unspecified atom stereocenters. The van der Waals surface area contributed by atoms with Crippen LogP contribution in [0, 0.1) is 0 Å². The number of β-amino-alcohol motifs (C(OH)–C–C–N with tert-alkyl or cyclic N) is 1. The van der Waals surface area contributed by atoms with Crippen molar-refractivity contribution < 1.29 is 14.6 Å². The van der Waals surface area contributed by atoms with Gasteiger partial charge in [-0.1, -0.05) is 13.3 Å². The van der Waals surface area contributed by atoms with Crippen LogP contribution in [-0.2, 0) is 9.53 Å². The lowest BCUT2D eigenvalue weighted by Gasteiger charge is -2.35. The van der Waals surface area contributed by atoms with Gasteiger partial charge in [-0.05, 0) is 6.42 Å². The number of nitrogens with one attached hydrogen (secondary N) is 2. The topological polar surface area (TPSA) is 73.8 Å². The number of aliphatic hydroxyl groups excluding tert-OH is 1. The Bertz CT molecular complexity index is 264. The maximum absolute atomic E-state index is 11.8. The molecule has 1 rings (SSSR count). The van der Waals surface area contributed by atoms with Crippen LogP contribution in [0.4, 0.5) is 0 Å². The van der Waals surface area contributed by atoms with Crippen LogP contribution in [0.3, 0.4) is 0 Å². The van der Waals surface area contributed by atoms with Crippen LogP contribution in [0.2, 0.25) is 0 Å². The first-order chi connectivity index (χ1) is 9.19. The lowest BCUT2D eigenvalue weighted by atomic mass is 10.1. The molecule has 0 bridgehead atoms. The van der Waals surface area contributed by atoms with Gasteiger partial charge in [0.1, 0.15) is 6.04 Å². The van der Waals surface area contributed by atoms with Crippen LogP contribution in [-0.4, -0.2) is 74.5 Å². The van der Waals surface area contributed by atoms with E-state index in [1.54, 1.807) is 7.05 Å². The summed E-state index contributed by atoms with van der Waals surface area (Å²) in [5.41, 5.74) is 0. The molecule has 2 atom stereocenters. The summed E-state index contributed by atoms with van der Waals surface area (Å²) in [5, 5.41) is 15.8. The maximum Gasteiger partial charge on any atom is 0.238 e. The molecular formula is C13H27N3O3. The van der Waals surface area contributed by atoms with Gasteiger partial charge in [-0.3, -0.25) is 9.69 Å². The first-order valence-corrected chi connectivity index (χ1v) is 7.11. The number of likely N-dealkylation sites (N-methyl/N-ethyl adjacent to an activating group) is 1. The van der Waals surface area contributed by atoms with Gasteiger partial charge in [0.2, 0.25) is 5.91 Å². The summed E-state index contributed by atoms with van der Waals surface area (Å²) in [6.07, 6.45) is 1.57. The molecular weight excluding hydrogens is 246 g/mol. The molecule has 6 nitrogen and oxygen atoms in total. The van der Waals surface area contributed by atoms with Crippen LogP contribution in [0.15, 0.2) is 0 Å². The number of rotatable bonds is 8. The standard InChI is InChI=1S/C13H27N3O3/c1-3-4-7-19-10-11(17)9-16-6-5-15-8-12(16)13(18)14-2/h11-12,15,17H,3-10H2,1-2H3,(H,14,18). The number of ether oxygens (including phenoxy) is 1. The Morgan fingerprint density at radius 3 is 3.11 bits per heavy atom. The van der Waals surface area contributed by atoms with E-state index in [1.165, 1.54) is 0 Å². The van der Waals surface area contributed by atoms with Crippen molar-refractivity contribution in [2.24, 2.45) is 0 Å². The van der Waals surface area contributed by atoms with Crippen molar-refractivity contribution in [3.05, 3.63) is 0 Å². The number of amides is 1. The maximum atomic E-state index is 11.8. The molecule has 0 saturated carbocycles. The summed E-state index contributed by atoms with van der Waals surface area (Å²) in [4.78, 5) is 13.8. The molecule has 0 aromatic rings. The molecule has 19 heavy (non-hydrogen) atoms. The van der Waals surface area contributed by atoms with Crippen molar-refractivity contribution in [1.82, 2.24) is 15.5 Å². The zero-order valence-electron chi connectivity index (χ0n) is 12.0. The average Bonchev–Trinajstić information content (AvgIpc) is 2.43. The third-order valence-electron chi connectivity index (χ3n) is 3.30. The van der Waals surface area contributed by atoms with Crippen molar-refractivity contribution in [1.29, 1.82) is 0 Å². The smallest absolute Gasteiger partial charge is 0.238 e. The van der Waals surface area contributed by atoms with E-state index in [9.17, 15) is 9.90 Å². The van der Waals surface area contributed by atoms with Crippen LogP contribution in [0.1, 0.15) is 19.8 Å². The van der Waals surface area contributed by atoms with E-state index >= 15 is 0 Å². The first kappa shape index (κ1) is 16.4. The molecule has 0 aromatic heterocycles. The summed E-state index contributed by atoms with van der Waals surface area (Å²) in [6, 6.07) is -0.205. The molecule has 1 saturated heterocycles. The highest BCUT2D eigenvalue weighted by Gasteiger charge is 2.29. The quantitative estimate of drug-likeness (QED) is 0.504. The predicted molar refractivity (Wildman–Crippen MR) is 74.0 cm³/mol. The molecule has 112 valence electrons. The molecule has 0 spiro atoms. The van der Waals surface area contributed by atoms with Gasteiger partial charge < -0.3 is 20.5 Å². The normalized spacial score (nSPS) is 22.2. The minimum absolute atomic E-state index is 0.00805. The fraction of sp³-hybridized carbons (Fsp3) is 0.923. The molecule has 0 aromatic carbocycles. The second kappa shape index (κ2) is 9.25. The Labute approximate surface area is 115 Å². The lowest BCUT2D eigenvalue weighted by molar-refractivity contribution is -0.127. The fourth-order valence-corrected chi connectivity index (χ4v) is 2.18. The number of piperazine rings is 1. The van der Waals surface area contributed by atoms with E-state index in [4.69, 9.17) is 4.74 Å². The Morgan fingerprint density at radius 1 is 1.63 bits per heavy atom. The highest BCUT2D eigenvalue weighted by molar-refractivity contribution is 5.81. The van der Waals surface area contributed by atoms with Gasteiger partial charge in [0.15, 0.2) is 0 Å². The fourth-order valence-electron chi connectivity index (χ4n) is 2.18. The van der Waals surface area contributed by atoms with Crippen molar-refractivity contribution in [2.75, 3.05) is 46.4 Å². The zero-order chi connectivity index (χ0) is 14.1.